The van der Waals surface area contributed by atoms with Gasteiger partial charge in [-0.2, -0.15) is 13.2 Å². The van der Waals surface area contributed by atoms with Crippen LogP contribution in [0.2, 0.25) is 0 Å². The number of anilines is 2. The Morgan fingerprint density at radius 2 is 1.86 bits per heavy atom. The van der Waals surface area contributed by atoms with Gasteiger partial charge in [0.05, 0.1) is 41.6 Å². The molecule has 1 aliphatic heterocycles. The molecule has 2 heterocycles. The molecule has 9 nitrogen and oxygen atoms in total. The largest absolute Gasteiger partial charge is 0.495 e. The van der Waals surface area contributed by atoms with Crippen molar-refractivity contribution in [2.24, 2.45) is 5.14 Å². The third-order valence-electron chi connectivity index (χ3n) is 8.14. The summed E-state index contributed by atoms with van der Waals surface area (Å²) < 4.78 is 70.5. The number of aromatic nitrogens is 1. The lowest BCUT2D eigenvalue weighted by Gasteiger charge is -2.35. The number of likely N-dealkylation sites (tertiary alicyclic amines) is 1. The number of methoxy groups -OCH3 is 1. The highest BCUT2D eigenvalue weighted by atomic mass is 32.2. The molecule has 0 spiro atoms. The standard InChI is InChI=1S/C30H36F3N5O4S/c1-42-29-17-24(43(34,40)41)11-12-27(29)35-14-3-4-22-16-25-26(5-2-6-28(25)38(22)19-30(31,32)33)36-20-7-9-21(10-8-20)37-15-13-23(39)18-37/h2,5-6,11-12,16-17,20-21,23,35-36,39H,7-10,13-15,18-19H2,1H3,(H2,34,40,41)/t20?,21?,23-/m0/s1. The van der Waals surface area contributed by atoms with Crippen LogP contribution in [0.3, 0.4) is 0 Å². The van der Waals surface area contributed by atoms with E-state index >= 15 is 0 Å². The molecule has 0 unspecified atom stereocenters. The van der Waals surface area contributed by atoms with Crippen LogP contribution in [-0.2, 0) is 16.6 Å². The molecule has 232 valence electrons. The number of nitrogens with zero attached hydrogens (tertiary/aromatic N) is 2. The van der Waals surface area contributed by atoms with E-state index in [0.717, 1.165) is 50.9 Å². The quantitative estimate of drug-likeness (QED) is 0.280. The lowest BCUT2D eigenvalue weighted by Crippen LogP contribution is -2.39. The highest BCUT2D eigenvalue weighted by molar-refractivity contribution is 7.89. The van der Waals surface area contributed by atoms with Gasteiger partial charge >= 0.3 is 6.18 Å². The van der Waals surface area contributed by atoms with E-state index in [9.17, 15) is 26.7 Å². The summed E-state index contributed by atoms with van der Waals surface area (Å²) in [7, 11) is -2.53. The first-order valence-corrected chi connectivity index (χ1v) is 15.8. The Bertz CT molecular complexity index is 1620. The Labute approximate surface area is 249 Å². The van der Waals surface area contributed by atoms with Crippen LogP contribution < -0.4 is 20.5 Å². The number of sulfonamides is 1. The third kappa shape index (κ3) is 7.56. The lowest BCUT2D eigenvalue weighted by molar-refractivity contribution is -0.140. The number of ether oxygens (including phenoxy) is 1. The minimum absolute atomic E-state index is 0.0705. The third-order valence-corrected chi connectivity index (χ3v) is 9.05. The van der Waals surface area contributed by atoms with Gasteiger partial charge in [-0.3, -0.25) is 4.90 Å². The maximum absolute atomic E-state index is 13.6. The summed E-state index contributed by atoms with van der Waals surface area (Å²) in [6.07, 6.45) is 0.0364. The van der Waals surface area contributed by atoms with Crippen molar-refractivity contribution in [1.82, 2.24) is 9.47 Å². The second-order valence-electron chi connectivity index (χ2n) is 11.1. The molecule has 1 aromatic heterocycles. The van der Waals surface area contributed by atoms with Gasteiger partial charge in [0, 0.05) is 42.3 Å². The summed E-state index contributed by atoms with van der Waals surface area (Å²) in [5.41, 5.74) is 1.91. The van der Waals surface area contributed by atoms with Crippen molar-refractivity contribution in [1.29, 1.82) is 0 Å². The second-order valence-corrected chi connectivity index (χ2v) is 12.7. The van der Waals surface area contributed by atoms with Gasteiger partial charge in [-0.05, 0) is 68.4 Å². The number of halogens is 3. The molecule has 0 radical (unpaired) electrons. The summed E-state index contributed by atoms with van der Waals surface area (Å²) in [6.45, 7) is 0.550. The molecule has 2 fully saturated rings. The zero-order chi connectivity index (χ0) is 30.8. The van der Waals surface area contributed by atoms with Crippen LogP contribution >= 0.6 is 0 Å². The number of hydrogen-bond donors (Lipinski definition) is 4. The first-order chi connectivity index (χ1) is 20.4. The van der Waals surface area contributed by atoms with E-state index in [1.54, 1.807) is 18.2 Å². The number of alkyl halides is 3. The van der Waals surface area contributed by atoms with Crippen molar-refractivity contribution in [3.05, 3.63) is 48.2 Å². The van der Waals surface area contributed by atoms with Gasteiger partial charge in [-0.25, -0.2) is 13.6 Å². The fourth-order valence-corrected chi connectivity index (χ4v) is 6.57. The fourth-order valence-electron chi connectivity index (χ4n) is 6.04. The number of nitrogens with one attached hydrogen (secondary N) is 2. The average Bonchev–Trinajstić information content (AvgIpc) is 3.54. The fraction of sp³-hybridized carbons (Fsp3) is 0.467. The molecular weight excluding hydrogens is 583 g/mol. The molecule has 43 heavy (non-hydrogen) atoms. The van der Waals surface area contributed by atoms with Crippen LogP contribution in [0.25, 0.3) is 10.9 Å². The Kier molecular flexibility index (Phi) is 9.12. The van der Waals surface area contributed by atoms with Crippen LogP contribution in [0, 0.1) is 11.8 Å². The zero-order valence-electron chi connectivity index (χ0n) is 23.8. The monoisotopic (exact) mass is 619 g/mol. The van der Waals surface area contributed by atoms with E-state index < -0.39 is 22.7 Å². The number of benzene rings is 2. The Hall–Kier alpha value is -3.44. The Morgan fingerprint density at radius 1 is 1.09 bits per heavy atom. The topological polar surface area (TPSA) is 122 Å². The highest BCUT2D eigenvalue weighted by Gasteiger charge is 2.32. The summed E-state index contributed by atoms with van der Waals surface area (Å²) in [4.78, 5) is 2.26. The van der Waals surface area contributed by atoms with E-state index in [1.165, 1.54) is 29.9 Å². The van der Waals surface area contributed by atoms with Crippen molar-refractivity contribution in [2.75, 3.05) is 37.4 Å². The zero-order valence-corrected chi connectivity index (χ0v) is 24.6. The number of fused-ring (bicyclic) bond motifs is 1. The summed E-state index contributed by atoms with van der Waals surface area (Å²) in [6, 6.07) is 11.8. The van der Waals surface area contributed by atoms with Gasteiger partial charge in [0.2, 0.25) is 10.0 Å². The van der Waals surface area contributed by atoms with Gasteiger partial charge < -0.3 is 25.0 Å². The number of aliphatic hydroxyl groups is 1. The molecular formula is C30H36F3N5O4S. The highest BCUT2D eigenvalue weighted by Crippen LogP contribution is 2.33. The van der Waals surface area contributed by atoms with Crippen LogP contribution in [0.5, 0.6) is 5.75 Å². The van der Waals surface area contributed by atoms with Crippen molar-refractivity contribution < 1.29 is 31.4 Å². The minimum Gasteiger partial charge on any atom is -0.495 e. The predicted octanol–water partition coefficient (Wildman–Crippen LogP) is 4.11. The molecule has 5 rings (SSSR count). The SMILES string of the molecule is COc1cc(S(N)(=O)=O)ccc1NCC#Cc1cc2c(NC3CCC(N4CC[C@H](O)C4)CC3)cccc2n1CC(F)(F)F. The summed E-state index contributed by atoms with van der Waals surface area (Å²) in [5, 5.41) is 22.3. The van der Waals surface area contributed by atoms with Gasteiger partial charge in [0.15, 0.2) is 0 Å². The van der Waals surface area contributed by atoms with Crippen LogP contribution in [0.4, 0.5) is 24.5 Å². The van der Waals surface area contributed by atoms with E-state index in [2.05, 4.69) is 27.4 Å². The summed E-state index contributed by atoms with van der Waals surface area (Å²) >= 11 is 0. The van der Waals surface area contributed by atoms with Gasteiger partial charge in [0.1, 0.15) is 12.3 Å². The van der Waals surface area contributed by atoms with E-state index in [4.69, 9.17) is 9.88 Å². The lowest BCUT2D eigenvalue weighted by atomic mass is 9.90. The second kappa shape index (κ2) is 12.7. The molecule has 3 aromatic rings. The molecule has 0 bridgehead atoms. The molecule has 13 heteroatoms. The molecule has 0 amide bonds. The maximum Gasteiger partial charge on any atom is 0.406 e. The number of nitrogens with two attached hydrogens (primary N) is 1. The maximum atomic E-state index is 13.6. The molecule has 2 aromatic carbocycles. The molecule has 5 N–H and O–H groups in total. The van der Waals surface area contributed by atoms with Crippen LogP contribution in [0.1, 0.15) is 37.8 Å². The predicted molar refractivity (Wildman–Crippen MR) is 160 cm³/mol. The normalized spacial score (nSPS) is 21.4. The van der Waals surface area contributed by atoms with Crippen LogP contribution in [-0.4, -0.2) is 74.1 Å². The van der Waals surface area contributed by atoms with Crippen molar-refractivity contribution in [3.8, 4) is 17.6 Å². The molecule has 1 saturated carbocycles. The Morgan fingerprint density at radius 3 is 2.51 bits per heavy atom. The number of primary sulfonamides is 1. The number of β-amino-alcohol motifs (C(OH)–C–C–N with tert-alkyl or cyclic N) is 1. The summed E-state index contributed by atoms with van der Waals surface area (Å²) in [5.74, 6) is 6.00. The first-order valence-electron chi connectivity index (χ1n) is 14.2. The number of aliphatic hydroxyl groups excluding tert-OH is 1. The minimum atomic E-state index is -4.44. The Balaban J connectivity index is 1.33. The van der Waals surface area contributed by atoms with Gasteiger partial charge in [-0.15, -0.1) is 0 Å². The molecule has 2 aliphatic rings. The first kappa shape index (κ1) is 31.0. The van der Waals surface area contributed by atoms with E-state index in [1.807, 2.05) is 6.07 Å². The van der Waals surface area contributed by atoms with E-state index in [-0.39, 0.29) is 35.0 Å². The number of rotatable bonds is 8. The molecule has 1 saturated heterocycles. The van der Waals surface area contributed by atoms with Crippen molar-refractivity contribution >= 4 is 32.3 Å². The van der Waals surface area contributed by atoms with Gasteiger partial charge in [0.25, 0.3) is 0 Å². The van der Waals surface area contributed by atoms with Crippen molar-refractivity contribution in [2.45, 2.75) is 67.9 Å². The van der Waals surface area contributed by atoms with Gasteiger partial charge in [-0.1, -0.05) is 12.0 Å². The van der Waals surface area contributed by atoms with Crippen molar-refractivity contribution in [3.63, 3.8) is 0 Å². The molecule has 1 atom stereocenters. The molecule has 1 aliphatic carbocycles. The average molecular weight is 620 g/mol. The van der Waals surface area contributed by atoms with E-state index in [0.29, 0.717) is 22.6 Å². The van der Waals surface area contributed by atoms with Crippen LogP contribution in [0.15, 0.2) is 47.4 Å². The number of hydrogen-bond acceptors (Lipinski definition) is 7. The smallest absolute Gasteiger partial charge is 0.406 e.